The first-order valence-electron chi connectivity index (χ1n) is 9.80. The Labute approximate surface area is 179 Å². The molecule has 1 aliphatic rings. The number of nitrogens with one attached hydrogen (secondary N) is 1. The van der Waals surface area contributed by atoms with Crippen LogP contribution in [0.2, 0.25) is 0 Å². The van der Waals surface area contributed by atoms with Gasteiger partial charge >= 0.3 is 6.03 Å². The fraction of sp³-hybridized carbons (Fsp3) is 0.273. The molecule has 0 spiro atoms. The van der Waals surface area contributed by atoms with Gasteiger partial charge in [0.1, 0.15) is 5.82 Å². The molecule has 0 saturated carbocycles. The Balaban J connectivity index is 1.64. The summed E-state index contributed by atoms with van der Waals surface area (Å²) < 4.78 is 2.02. The van der Waals surface area contributed by atoms with Crippen LogP contribution in [0.1, 0.15) is 22.5 Å². The maximum atomic E-state index is 12.5. The van der Waals surface area contributed by atoms with Crippen molar-refractivity contribution in [3.63, 3.8) is 0 Å². The molecular weight excluding hydrogens is 398 g/mol. The van der Waals surface area contributed by atoms with Crippen LogP contribution in [-0.2, 0) is 11.2 Å². The highest BCUT2D eigenvalue weighted by Gasteiger charge is 2.27. The Bertz CT molecular complexity index is 1080. The van der Waals surface area contributed by atoms with Crippen molar-refractivity contribution in [1.29, 1.82) is 0 Å². The zero-order valence-corrected chi connectivity index (χ0v) is 17.8. The smallest absolute Gasteiger partial charge is 0.324 e. The Morgan fingerprint density at radius 2 is 1.93 bits per heavy atom. The second-order valence-electron chi connectivity index (χ2n) is 7.25. The Morgan fingerprint density at radius 1 is 1.13 bits per heavy atom. The summed E-state index contributed by atoms with van der Waals surface area (Å²) in [6.45, 7) is 5.02. The van der Waals surface area contributed by atoms with E-state index in [1.54, 1.807) is 0 Å². The number of carbonyl (C=O) groups excluding carboxylic acids is 2. The third-order valence-electron chi connectivity index (χ3n) is 4.98. The number of benzene rings is 2. The van der Waals surface area contributed by atoms with E-state index in [0.717, 1.165) is 22.6 Å². The second kappa shape index (κ2) is 8.71. The Kier molecular flexibility index (Phi) is 5.85. The van der Waals surface area contributed by atoms with Crippen molar-refractivity contribution in [2.75, 3.05) is 18.8 Å². The number of rotatable bonds is 6. The van der Waals surface area contributed by atoms with E-state index >= 15 is 0 Å². The van der Waals surface area contributed by atoms with E-state index in [0.29, 0.717) is 24.7 Å². The summed E-state index contributed by atoms with van der Waals surface area (Å²) in [5.41, 5.74) is 4.41. The Morgan fingerprint density at radius 3 is 2.63 bits per heavy atom. The standard InChI is InChI=1S/C22H23N5O2S/c1-15-8-9-18(16(2)12-15)27-19(13-17-6-4-3-5-7-17)24-25-22(27)30-14-20(28)26-11-10-23-21(26)29/h3-9,12H,10-11,13-14H2,1-2H3,(H,23,29). The van der Waals surface area contributed by atoms with Gasteiger partial charge in [0.15, 0.2) is 5.16 Å². The molecule has 2 heterocycles. The summed E-state index contributed by atoms with van der Waals surface area (Å²) in [6, 6.07) is 16.0. The van der Waals surface area contributed by atoms with Gasteiger partial charge < -0.3 is 5.32 Å². The molecule has 2 aromatic carbocycles. The maximum Gasteiger partial charge on any atom is 0.324 e. The van der Waals surface area contributed by atoms with Gasteiger partial charge in [-0.05, 0) is 31.0 Å². The minimum atomic E-state index is -0.332. The maximum absolute atomic E-state index is 12.5. The zero-order valence-electron chi connectivity index (χ0n) is 17.0. The number of nitrogens with zero attached hydrogens (tertiary/aromatic N) is 4. The lowest BCUT2D eigenvalue weighted by Gasteiger charge is -2.15. The molecule has 0 aliphatic carbocycles. The van der Waals surface area contributed by atoms with E-state index in [2.05, 4.69) is 59.7 Å². The number of imide groups is 1. The number of hydrogen-bond acceptors (Lipinski definition) is 5. The van der Waals surface area contributed by atoms with Gasteiger partial charge in [-0.25, -0.2) is 4.79 Å². The van der Waals surface area contributed by atoms with Crippen LogP contribution in [0.5, 0.6) is 0 Å². The average Bonchev–Trinajstić information content (AvgIpc) is 3.33. The third kappa shape index (κ3) is 4.23. The lowest BCUT2D eigenvalue weighted by Crippen LogP contribution is -2.35. The zero-order chi connectivity index (χ0) is 21.1. The van der Waals surface area contributed by atoms with Crippen LogP contribution in [0.3, 0.4) is 0 Å². The van der Waals surface area contributed by atoms with Crippen LogP contribution in [0.4, 0.5) is 4.79 Å². The van der Waals surface area contributed by atoms with E-state index in [1.807, 2.05) is 22.8 Å². The van der Waals surface area contributed by atoms with Crippen LogP contribution >= 0.6 is 11.8 Å². The van der Waals surface area contributed by atoms with E-state index in [1.165, 1.54) is 22.2 Å². The van der Waals surface area contributed by atoms with E-state index in [4.69, 9.17) is 0 Å². The lowest BCUT2D eigenvalue weighted by molar-refractivity contribution is -0.124. The molecule has 0 radical (unpaired) electrons. The summed E-state index contributed by atoms with van der Waals surface area (Å²) in [5.74, 6) is 0.707. The molecule has 4 rings (SSSR count). The first-order chi connectivity index (χ1) is 14.5. The van der Waals surface area contributed by atoms with Gasteiger partial charge in [0.2, 0.25) is 5.91 Å². The van der Waals surface area contributed by atoms with Crippen LogP contribution in [-0.4, -0.2) is 50.4 Å². The van der Waals surface area contributed by atoms with Gasteiger partial charge in [-0.3, -0.25) is 14.3 Å². The normalized spacial score (nSPS) is 13.5. The van der Waals surface area contributed by atoms with Crippen molar-refractivity contribution >= 4 is 23.7 Å². The summed E-state index contributed by atoms with van der Waals surface area (Å²) in [4.78, 5) is 25.5. The molecule has 1 aromatic heterocycles. The van der Waals surface area contributed by atoms with Crippen LogP contribution < -0.4 is 5.32 Å². The lowest BCUT2D eigenvalue weighted by atomic mass is 10.1. The van der Waals surface area contributed by atoms with Crippen LogP contribution in [0.25, 0.3) is 5.69 Å². The number of amides is 3. The molecule has 1 saturated heterocycles. The highest BCUT2D eigenvalue weighted by atomic mass is 32.2. The second-order valence-corrected chi connectivity index (χ2v) is 8.20. The number of aryl methyl sites for hydroxylation is 2. The van der Waals surface area contributed by atoms with Crippen molar-refractivity contribution < 1.29 is 9.59 Å². The number of aromatic nitrogens is 3. The van der Waals surface area contributed by atoms with Gasteiger partial charge in [-0.1, -0.05) is 59.8 Å². The van der Waals surface area contributed by atoms with Gasteiger partial charge in [0, 0.05) is 19.5 Å². The molecule has 0 atom stereocenters. The van der Waals surface area contributed by atoms with Crippen molar-refractivity contribution in [3.05, 3.63) is 71.0 Å². The van der Waals surface area contributed by atoms with Crippen molar-refractivity contribution in [2.24, 2.45) is 0 Å². The molecule has 1 aliphatic heterocycles. The quantitative estimate of drug-likeness (QED) is 0.619. The summed E-state index contributed by atoms with van der Waals surface area (Å²) in [7, 11) is 0. The SMILES string of the molecule is Cc1ccc(-n2c(Cc3ccccc3)nnc2SCC(=O)N2CCNC2=O)c(C)c1. The van der Waals surface area contributed by atoms with Crippen LogP contribution in [0.15, 0.2) is 53.7 Å². The molecule has 3 aromatic rings. The molecule has 30 heavy (non-hydrogen) atoms. The number of carbonyl (C=O) groups is 2. The number of urea groups is 1. The Hall–Kier alpha value is -3.13. The van der Waals surface area contributed by atoms with Crippen molar-refractivity contribution in [2.45, 2.75) is 25.4 Å². The molecule has 154 valence electrons. The van der Waals surface area contributed by atoms with Gasteiger partial charge in [0.25, 0.3) is 0 Å². The molecule has 8 heteroatoms. The predicted molar refractivity (Wildman–Crippen MR) is 116 cm³/mol. The number of thioether (sulfide) groups is 1. The summed E-state index contributed by atoms with van der Waals surface area (Å²) >= 11 is 1.30. The van der Waals surface area contributed by atoms with Crippen molar-refractivity contribution in [1.82, 2.24) is 25.0 Å². The highest BCUT2D eigenvalue weighted by molar-refractivity contribution is 7.99. The topological polar surface area (TPSA) is 80.1 Å². The molecule has 0 bridgehead atoms. The highest BCUT2D eigenvalue weighted by Crippen LogP contribution is 2.26. The molecule has 1 fully saturated rings. The van der Waals surface area contributed by atoms with E-state index in [-0.39, 0.29) is 17.7 Å². The molecule has 3 amide bonds. The van der Waals surface area contributed by atoms with Gasteiger partial charge in [-0.15, -0.1) is 10.2 Å². The molecule has 1 N–H and O–H groups in total. The van der Waals surface area contributed by atoms with E-state index in [9.17, 15) is 9.59 Å². The van der Waals surface area contributed by atoms with E-state index < -0.39 is 0 Å². The van der Waals surface area contributed by atoms with Gasteiger partial charge in [0.05, 0.1) is 11.4 Å². The minimum absolute atomic E-state index is 0.127. The van der Waals surface area contributed by atoms with Crippen LogP contribution in [0, 0.1) is 13.8 Å². The fourth-order valence-electron chi connectivity index (χ4n) is 3.50. The third-order valence-corrected chi connectivity index (χ3v) is 5.89. The summed E-state index contributed by atoms with van der Waals surface area (Å²) in [5, 5.41) is 12.1. The summed E-state index contributed by atoms with van der Waals surface area (Å²) in [6.07, 6.45) is 0.629. The monoisotopic (exact) mass is 421 g/mol. The fourth-order valence-corrected chi connectivity index (χ4v) is 4.34. The number of hydrogen-bond donors (Lipinski definition) is 1. The predicted octanol–water partition coefficient (Wildman–Crippen LogP) is 3.12. The molecule has 7 nitrogen and oxygen atoms in total. The van der Waals surface area contributed by atoms with Crippen molar-refractivity contribution in [3.8, 4) is 5.69 Å². The largest absolute Gasteiger partial charge is 0.336 e. The average molecular weight is 422 g/mol. The van der Waals surface area contributed by atoms with Gasteiger partial charge in [-0.2, -0.15) is 0 Å². The molecule has 0 unspecified atom stereocenters. The molecular formula is C22H23N5O2S. The first-order valence-corrected chi connectivity index (χ1v) is 10.8. The minimum Gasteiger partial charge on any atom is -0.336 e. The first kappa shape index (κ1) is 20.2.